The first-order valence-electron chi connectivity index (χ1n) is 17.5. The van der Waals surface area contributed by atoms with Crippen LogP contribution < -0.4 is 15.0 Å². The largest absolute Gasteiger partial charge is 0.495 e. The minimum atomic E-state index is -1.90. The number of methoxy groups -OCH3 is 3. The maximum absolute atomic E-state index is 14.3. The fourth-order valence-corrected chi connectivity index (χ4v) is 6.87. The zero-order chi connectivity index (χ0) is 40.1. The Morgan fingerprint density at radius 3 is 2.49 bits per heavy atom. The zero-order valence-corrected chi connectivity index (χ0v) is 34.3. The van der Waals surface area contributed by atoms with E-state index in [0.29, 0.717) is 24.3 Å². The van der Waals surface area contributed by atoms with Crippen molar-refractivity contribution in [2.75, 3.05) is 40.3 Å². The number of anilines is 1. The molecule has 0 saturated carbocycles. The van der Waals surface area contributed by atoms with Crippen LogP contribution in [0.4, 0.5) is 10.5 Å². The molecule has 2 N–H and O–H groups in total. The Labute approximate surface area is 323 Å². The lowest BCUT2D eigenvalue weighted by molar-refractivity contribution is -0.201. The summed E-state index contributed by atoms with van der Waals surface area (Å²) in [7, 11) is 7.36. The van der Waals surface area contributed by atoms with E-state index in [1.54, 1.807) is 45.2 Å². The third-order valence-corrected chi connectivity index (χ3v) is 11.0. The van der Waals surface area contributed by atoms with Gasteiger partial charge in [-0.15, -0.1) is 0 Å². The van der Waals surface area contributed by atoms with Gasteiger partial charge in [-0.05, 0) is 51.3 Å². The molecule has 1 fully saturated rings. The molecule has 296 valence electrons. The summed E-state index contributed by atoms with van der Waals surface area (Å²) in [4.78, 5) is 56.9. The fourth-order valence-electron chi connectivity index (χ4n) is 6.45. The van der Waals surface area contributed by atoms with Gasteiger partial charge in [0.1, 0.15) is 40.7 Å². The monoisotopic (exact) mass is 781 g/mol. The first kappa shape index (κ1) is 44.1. The van der Waals surface area contributed by atoms with Crippen LogP contribution in [0.1, 0.15) is 72.8 Å². The van der Waals surface area contributed by atoms with E-state index in [0.717, 1.165) is 11.1 Å². The summed E-state index contributed by atoms with van der Waals surface area (Å²) in [5.41, 5.74) is -1.31. The second kappa shape index (κ2) is 17.9. The molecule has 53 heavy (non-hydrogen) atoms. The van der Waals surface area contributed by atoms with E-state index in [1.807, 2.05) is 26.8 Å². The molecule has 0 spiro atoms. The number of thiol groups is 1. The van der Waals surface area contributed by atoms with E-state index in [4.69, 9.17) is 35.3 Å². The number of allylic oxidation sites excluding steroid dienone is 3. The Bertz CT molecular complexity index is 1580. The van der Waals surface area contributed by atoms with E-state index in [9.17, 15) is 24.3 Å². The normalized spacial score (nSPS) is 29.3. The summed E-state index contributed by atoms with van der Waals surface area (Å²) in [6.45, 7) is 10.6. The maximum Gasteiger partial charge on any atom is 0.409 e. The number of fused-ring (bicyclic) bond motifs is 4. The van der Waals surface area contributed by atoms with Gasteiger partial charge in [-0.3, -0.25) is 14.9 Å². The molecule has 2 aliphatic rings. The average molecular weight is 782 g/mol. The van der Waals surface area contributed by atoms with Crippen LogP contribution in [0.25, 0.3) is 0 Å². The first-order chi connectivity index (χ1) is 24.6. The van der Waals surface area contributed by atoms with Crippen molar-refractivity contribution in [2.45, 2.75) is 114 Å². The number of hydrogen-bond acceptors (Lipinski definition) is 11. The number of nitrogens with zero attached hydrogens (tertiary/aromatic N) is 2. The molecule has 15 heteroatoms. The molecular weight excluding hydrogens is 726 g/mol. The van der Waals surface area contributed by atoms with E-state index < -0.39 is 70.7 Å². The van der Waals surface area contributed by atoms with Crippen LogP contribution in [0, 0.1) is 5.92 Å². The van der Waals surface area contributed by atoms with Crippen molar-refractivity contribution in [3.8, 4) is 5.75 Å². The van der Waals surface area contributed by atoms with Gasteiger partial charge in [-0.2, -0.15) is 12.6 Å². The number of carbonyl (C=O) groups excluding carboxylic acids is 4. The highest BCUT2D eigenvalue weighted by Gasteiger charge is 2.53. The summed E-state index contributed by atoms with van der Waals surface area (Å²) < 4.78 is 28.8. The number of amides is 3. The number of halogens is 1. The Kier molecular flexibility index (Phi) is 14.9. The van der Waals surface area contributed by atoms with Crippen molar-refractivity contribution in [1.29, 1.82) is 0 Å². The van der Waals surface area contributed by atoms with Crippen molar-refractivity contribution >= 4 is 53.8 Å². The number of esters is 1. The lowest BCUT2D eigenvalue weighted by Crippen LogP contribution is -2.65. The van der Waals surface area contributed by atoms with Crippen LogP contribution in [0.5, 0.6) is 5.75 Å². The van der Waals surface area contributed by atoms with Gasteiger partial charge in [0.25, 0.3) is 0 Å². The molecule has 2 aliphatic heterocycles. The minimum absolute atomic E-state index is 0.145. The molecule has 4 bridgehead atoms. The molecule has 0 radical (unpaired) electrons. The average Bonchev–Trinajstić information content (AvgIpc) is 3.09. The Hall–Kier alpha value is -3.30. The van der Waals surface area contributed by atoms with Crippen LogP contribution >= 0.6 is 24.2 Å². The first-order valence-corrected chi connectivity index (χ1v) is 18.4. The third-order valence-electron chi connectivity index (χ3n) is 10.4. The number of nitrogens with one attached hydrogen (secondary N) is 1. The number of benzene rings is 1. The van der Waals surface area contributed by atoms with Gasteiger partial charge in [-0.25, -0.2) is 9.59 Å². The molecule has 3 amide bonds. The van der Waals surface area contributed by atoms with Gasteiger partial charge in [0.2, 0.25) is 11.8 Å². The Morgan fingerprint density at radius 1 is 1.25 bits per heavy atom. The molecule has 3 rings (SSSR count). The van der Waals surface area contributed by atoms with Gasteiger partial charge in [-0.1, -0.05) is 56.2 Å². The van der Waals surface area contributed by atoms with E-state index >= 15 is 0 Å². The van der Waals surface area contributed by atoms with Crippen molar-refractivity contribution in [3.05, 3.63) is 46.5 Å². The predicted octanol–water partition coefficient (Wildman–Crippen LogP) is 5.25. The molecule has 1 saturated heterocycles. The number of hydrogen-bond donors (Lipinski definition) is 3. The smallest absolute Gasteiger partial charge is 0.409 e. The highest BCUT2D eigenvalue weighted by molar-refractivity contribution is 7.81. The number of likely N-dealkylation sites (N-methyl/N-ethyl adjacent to an activating group) is 1. The molecule has 1 aromatic carbocycles. The van der Waals surface area contributed by atoms with E-state index in [2.05, 4.69) is 17.9 Å². The fraction of sp³-hybridized carbons (Fsp3) is 0.632. The molecule has 0 aromatic heterocycles. The summed E-state index contributed by atoms with van der Waals surface area (Å²) >= 11 is 11.3. The van der Waals surface area contributed by atoms with Crippen molar-refractivity contribution in [1.82, 2.24) is 10.2 Å². The minimum Gasteiger partial charge on any atom is -0.495 e. The van der Waals surface area contributed by atoms with E-state index in [1.165, 1.54) is 45.1 Å². The number of ether oxygens (including phenoxy) is 5. The van der Waals surface area contributed by atoms with Crippen molar-refractivity contribution in [3.63, 3.8) is 0 Å². The highest BCUT2D eigenvalue weighted by atomic mass is 35.5. The number of carbonyl (C=O) groups is 4. The second-order valence-electron chi connectivity index (χ2n) is 14.8. The molecule has 2 heterocycles. The summed E-state index contributed by atoms with van der Waals surface area (Å²) in [5, 5.41) is 14.5. The number of rotatable bonds is 9. The molecular formula is C38H56ClN3O10S. The topological polar surface area (TPSA) is 153 Å². The van der Waals surface area contributed by atoms with Gasteiger partial charge >= 0.3 is 12.1 Å². The van der Waals surface area contributed by atoms with Gasteiger partial charge in [0.15, 0.2) is 5.72 Å². The third kappa shape index (κ3) is 10.7. The molecule has 2 unspecified atom stereocenters. The van der Waals surface area contributed by atoms with Crippen LogP contribution in [-0.2, 0) is 39.8 Å². The SMILES string of the molecule is COc1cc2cc(c1Cl)N(C)C(=O)C[C@H](OC(=O)[C@H](C)N(C)C(=O)CCC(C)(C)S)[C@@](C)(OC)C(C)C1C[C@@](O)(NC(=O)O1)[C@H](OC)/C=C/C=C(\C)C2. The maximum atomic E-state index is 14.3. The van der Waals surface area contributed by atoms with Crippen LogP contribution in [0.2, 0.25) is 5.02 Å². The van der Waals surface area contributed by atoms with Crippen LogP contribution in [0.15, 0.2) is 35.9 Å². The van der Waals surface area contributed by atoms with Gasteiger partial charge in [0.05, 0.1) is 19.2 Å². The zero-order valence-electron chi connectivity index (χ0n) is 32.7. The van der Waals surface area contributed by atoms with Gasteiger partial charge < -0.3 is 38.6 Å². The summed E-state index contributed by atoms with van der Waals surface area (Å²) in [5.74, 6) is -1.97. The van der Waals surface area contributed by atoms with Crippen molar-refractivity contribution in [2.24, 2.45) is 5.92 Å². The number of alkyl carbamates (subject to hydrolysis) is 1. The van der Waals surface area contributed by atoms with Gasteiger partial charge in [0, 0.05) is 51.8 Å². The Balaban J connectivity index is 2.16. The molecule has 13 nitrogen and oxygen atoms in total. The number of aliphatic hydroxyl groups is 1. The predicted molar refractivity (Wildman–Crippen MR) is 205 cm³/mol. The lowest BCUT2D eigenvalue weighted by atomic mass is 9.77. The summed E-state index contributed by atoms with van der Waals surface area (Å²) in [6.07, 6.45) is 1.58. The highest BCUT2D eigenvalue weighted by Crippen LogP contribution is 2.40. The van der Waals surface area contributed by atoms with Crippen LogP contribution in [-0.4, -0.2) is 110 Å². The molecule has 7 atom stereocenters. The van der Waals surface area contributed by atoms with E-state index in [-0.39, 0.29) is 23.8 Å². The molecule has 0 aliphatic carbocycles. The summed E-state index contributed by atoms with van der Waals surface area (Å²) in [6, 6.07) is 2.53. The molecule has 1 aromatic rings. The Morgan fingerprint density at radius 2 is 1.91 bits per heavy atom. The standard InChI is InChI=1S/C38H56ClN3O10S/c1-22-13-12-14-29(49-10)38(47)21-28(51-35(46)40-38)23(2)37(6,50-11)30(52-34(45)24(3)41(7)31(43)15-16-36(4,5)53)20-32(44)42(8)26-18-25(17-22)19-27(48-9)33(26)39/h12-14,18-19,23-24,28-30,47,53H,15-17,20-21H2,1-11H3,(H,40,46)/b14-12+,22-13+/t23?,24-,28?,29+,30-,37-,38-/m0/s1. The quantitative estimate of drug-likeness (QED) is 0.224. The van der Waals surface area contributed by atoms with Crippen LogP contribution in [0.3, 0.4) is 0 Å². The van der Waals surface area contributed by atoms with Crippen molar-refractivity contribution < 1.29 is 48.0 Å². The lowest BCUT2D eigenvalue weighted by Gasteiger charge is -2.47. The second-order valence-corrected chi connectivity index (χ2v) is 16.4.